The number of tetrazole rings is 1. The molecular formula is C42H44F3N13O8. The molecule has 0 aliphatic carbocycles. The van der Waals surface area contributed by atoms with Crippen LogP contribution in [0, 0.1) is 0 Å². The first-order valence-corrected chi connectivity index (χ1v) is 21.1. The van der Waals surface area contributed by atoms with Gasteiger partial charge in [-0.25, -0.2) is 14.8 Å². The number of rotatable bonds is 13. The van der Waals surface area contributed by atoms with Crippen molar-refractivity contribution in [3.8, 4) is 11.5 Å². The fraction of sp³-hybridized carbons (Fsp3) is 0.405. The van der Waals surface area contributed by atoms with Crippen molar-refractivity contribution in [3.63, 3.8) is 0 Å². The number of alkyl halides is 3. The van der Waals surface area contributed by atoms with E-state index in [1.807, 2.05) is 4.90 Å². The number of anilines is 3. The van der Waals surface area contributed by atoms with Gasteiger partial charge in [-0.15, -0.1) is 10.2 Å². The average Bonchev–Trinajstić information content (AvgIpc) is 4.15. The lowest BCUT2D eigenvalue weighted by molar-refractivity contribution is -0.210. The quantitative estimate of drug-likeness (QED) is 0.104. The van der Waals surface area contributed by atoms with Gasteiger partial charge < -0.3 is 50.0 Å². The number of pyridine rings is 1. The van der Waals surface area contributed by atoms with Gasteiger partial charge in [-0.2, -0.15) is 27.9 Å². The molecule has 346 valence electrons. The predicted molar refractivity (Wildman–Crippen MR) is 226 cm³/mol. The Morgan fingerprint density at radius 1 is 0.939 bits per heavy atom. The highest BCUT2D eigenvalue weighted by Gasteiger charge is 2.53. The number of ether oxygens (including phenoxy) is 3. The van der Waals surface area contributed by atoms with Crippen LogP contribution in [0.5, 0.6) is 11.5 Å². The number of nitrogens with zero attached hydrogens (tertiary/aromatic N) is 11. The number of hydrogen-bond acceptors (Lipinski definition) is 18. The smallest absolute Gasteiger partial charge is 0.490 e. The molecule has 24 heteroatoms. The Hall–Kier alpha value is -7.18. The number of fused-ring (bicyclic) bond motifs is 1. The minimum atomic E-state index is -5.39. The highest BCUT2D eigenvalue weighted by atomic mass is 19.4. The first-order chi connectivity index (χ1) is 31.8. The number of aromatic nitrogens is 9. The number of aliphatic hydroxyl groups is 1. The number of carbonyl (C=O) groups is 2. The number of hydrogen-bond donors (Lipinski definition) is 5. The first kappa shape index (κ1) is 44.0. The zero-order valence-electron chi connectivity index (χ0n) is 35.2. The van der Waals surface area contributed by atoms with Crippen molar-refractivity contribution in [2.45, 2.75) is 62.6 Å². The maximum atomic E-state index is 13.5. The molecule has 21 nitrogen and oxygen atoms in total. The summed E-state index contributed by atoms with van der Waals surface area (Å²) >= 11 is 0. The second-order valence-corrected chi connectivity index (χ2v) is 15.9. The number of imidazole rings is 1. The zero-order valence-corrected chi connectivity index (χ0v) is 35.2. The SMILES string of the molecule is CCn1nnc([C@H]2O[C@@H](n3cnc4c(NCC(c5ccc(O)cc5)c5ccc(O)cc5)nc(N5CC[C@@H](NC(=O)c6ccc(N7CCOCC7)nc6)C5)nc43)[C@H](O)[C@@H]2OC(=O)C(F)(F)F)n1. The number of phenols is 2. The summed E-state index contributed by atoms with van der Waals surface area (Å²) in [6, 6.07) is 16.5. The Morgan fingerprint density at radius 3 is 2.29 bits per heavy atom. The van der Waals surface area contributed by atoms with E-state index in [9.17, 15) is 38.1 Å². The van der Waals surface area contributed by atoms with Crippen molar-refractivity contribution in [3.05, 3.63) is 95.7 Å². The van der Waals surface area contributed by atoms with Crippen LogP contribution in [0.1, 0.15) is 58.9 Å². The number of aliphatic hydroxyl groups excluding tert-OH is 1. The summed E-state index contributed by atoms with van der Waals surface area (Å²) in [6.07, 6.45) is -9.04. The topological polar surface area (TPSA) is 253 Å². The van der Waals surface area contributed by atoms with Crippen LogP contribution in [-0.2, 0) is 25.5 Å². The summed E-state index contributed by atoms with van der Waals surface area (Å²) in [4.78, 5) is 49.5. The van der Waals surface area contributed by atoms with Gasteiger partial charge in [0.1, 0.15) is 23.4 Å². The van der Waals surface area contributed by atoms with E-state index in [1.54, 1.807) is 67.6 Å². The molecule has 0 bridgehead atoms. The molecule has 9 rings (SSSR count). The van der Waals surface area contributed by atoms with E-state index in [1.165, 1.54) is 17.1 Å². The number of amides is 1. The number of phenolic OH excluding ortho intramolecular Hbond substituents is 2. The molecule has 2 aromatic carbocycles. The molecule has 5 atom stereocenters. The normalized spacial score (nSPS) is 21.2. The number of benzene rings is 2. The van der Waals surface area contributed by atoms with E-state index in [0.29, 0.717) is 44.8 Å². The summed E-state index contributed by atoms with van der Waals surface area (Å²) in [6.45, 7) is 5.44. The fourth-order valence-electron chi connectivity index (χ4n) is 8.14. The Morgan fingerprint density at radius 2 is 1.65 bits per heavy atom. The second-order valence-electron chi connectivity index (χ2n) is 15.9. The van der Waals surface area contributed by atoms with E-state index in [4.69, 9.17) is 24.2 Å². The molecule has 6 aromatic rings. The van der Waals surface area contributed by atoms with Gasteiger partial charge in [0.25, 0.3) is 5.91 Å². The molecule has 0 saturated carbocycles. The van der Waals surface area contributed by atoms with Gasteiger partial charge in [0.15, 0.2) is 35.4 Å². The van der Waals surface area contributed by atoms with Crippen LogP contribution in [0.4, 0.5) is 30.8 Å². The molecular weight excluding hydrogens is 872 g/mol. The van der Waals surface area contributed by atoms with Gasteiger partial charge in [0, 0.05) is 50.9 Å². The minimum absolute atomic E-state index is 0.0713. The van der Waals surface area contributed by atoms with E-state index in [2.05, 4.69) is 40.9 Å². The van der Waals surface area contributed by atoms with Crippen molar-refractivity contribution in [2.24, 2.45) is 0 Å². The van der Waals surface area contributed by atoms with Gasteiger partial charge in [-0.3, -0.25) is 9.36 Å². The van der Waals surface area contributed by atoms with Crippen molar-refractivity contribution in [1.29, 1.82) is 0 Å². The van der Waals surface area contributed by atoms with Gasteiger partial charge >= 0.3 is 12.1 Å². The lowest BCUT2D eigenvalue weighted by Crippen LogP contribution is -2.38. The average molecular weight is 916 g/mol. The minimum Gasteiger partial charge on any atom is -0.508 e. The van der Waals surface area contributed by atoms with Gasteiger partial charge in [-0.1, -0.05) is 24.3 Å². The summed E-state index contributed by atoms with van der Waals surface area (Å²) in [5.41, 5.74) is 2.28. The maximum absolute atomic E-state index is 13.5. The van der Waals surface area contributed by atoms with Crippen LogP contribution in [0.2, 0.25) is 0 Å². The van der Waals surface area contributed by atoms with Crippen molar-refractivity contribution in [1.82, 2.24) is 50.0 Å². The molecule has 4 aromatic heterocycles. The molecule has 66 heavy (non-hydrogen) atoms. The Balaban J connectivity index is 1.03. The molecule has 3 aliphatic rings. The molecule has 1 amide bonds. The lowest BCUT2D eigenvalue weighted by Gasteiger charge is -2.27. The molecule has 3 aliphatic heterocycles. The number of esters is 1. The van der Waals surface area contributed by atoms with E-state index < -0.39 is 36.7 Å². The fourth-order valence-corrected chi connectivity index (χ4v) is 8.14. The molecule has 3 saturated heterocycles. The maximum Gasteiger partial charge on any atom is 0.490 e. The first-order valence-electron chi connectivity index (χ1n) is 21.1. The van der Waals surface area contributed by atoms with Crippen LogP contribution in [0.15, 0.2) is 73.2 Å². The van der Waals surface area contributed by atoms with Crippen molar-refractivity contribution < 1.29 is 52.3 Å². The van der Waals surface area contributed by atoms with E-state index in [-0.39, 0.29) is 77.8 Å². The zero-order chi connectivity index (χ0) is 46.1. The Labute approximate surface area is 373 Å². The van der Waals surface area contributed by atoms with E-state index in [0.717, 1.165) is 21.7 Å². The highest BCUT2D eigenvalue weighted by molar-refractivity contribution is 5.94. The molecule has 7 heterocycles. The van der Waals surface area contributed by atoms with Crippen LogP contribution in [0.3, 0.4) is 0 Å². The largest absolute Gasteiger partial charge is 0.508 e. The number of nitrogens with one attached hydrogen (secondary N) is 2. The third-order valence-electron chi connectivity index (χ3n) is 11.6. The number of aromatic hydroxyl groups is 2. The second kappa shape index (κ2) is 18.4. The number of carbonyl (C=O) groups excluding carboxylic acids is 2. The predicted octanol–water partition coefficient (Wildman–Crippen LogP) is 2.83. The third kappa shape index (κ3) is 9.19. The third-order valence-corrected chi connectivity index (χ3v) is 11.6. The summed E-state index contributed by atoms with van der Waals surface area (Å²) < 4.78 is 58.3. The molecule has 0 unspecified atom stereocenters. The molecule has 3 fully saturated rings. The lowest BCUT2D eigenvalue weighted by atomic mass is 9.91. The van der Waals surface area contributed by atoms with Gasteiger partial charge in [0.2, 0.25) is 11.8 Å². The van der Waals surface area contributed by atoms with Gasteiger partial charge in [0.05, 0.1) is 31.6 Å². The summed E-state index contributed by atoms with van der Waals surface area (Å²) in [5.74, 6) is -2.16. The van der Waals surface area contributed by atoms with Crippen LogP contribution >= 0.6 is 0 Å². The van der Waals surface area contributed by atoms with Crippen LogP contribution in [-0.4, -0.2) is 142 Å². The molecule has 5 N–H and O–H groups in total. The monoisotopic (exact) mass is 915 g/mol. The summed E-state index contributed by atoms with van der Waals surface area (Å²) in [5, 5.41) is 50.1. The standard InChI is InChI=1S/C42H44F3N13O8/c1-2-58-53-36(52-54-58)34-33(66-40(63)42(43,44)45)32(61)39(65-34)57-22-48-31-35(47-20-29(23-3-8-27(59)9-4-23)24-5-10-28(60)11-6-24)50-41(51-37(31)57)56-14-13-26(21-56)49-38(62)25-7-12-30(46-19-25)55-15-17-64-18-16-55/h3-12,19,22,26,29,32-34,39,59-61H,2,13-18,20-21H2,1H3,(H,49,62)(H,47,50,51)/t26-,32-,33+,34+,39-/m1/s1. The Kier molecular flexibility index (Phi) is 12.3. The number of halogens is 3. The number of aryl methyl sites for hydroxylation is 1. The number of morpholine rings is 1. The molecule has 0 radical (unpaired) electrons. The molecule has 0 spiro atoms. The Bertz CT molecular complexity index is 2620. The summed E-state index contributed by atoms with van der Waals surface area (Å²) in [7, 11) is 0. The van der Waals surface area contributed by atoms with Gasteiger partial charge in [-0.05, 0) is 66.1 Å². The van der Waals surface area contributed by atoms with E-state index >= 15 is 0 Å². The van der Waals surface area contributed by atoms with Crippen molar-refractivity contribution in [2.75, 3.05) is 61.1 Å². The van der Waals surface area contributed by atoms with Crippen molar-refractivity contribution >= 4 is 40.6 Å². The van der Waals surface area contributed by atoms with Crippen LogP contribution < -0.4 is 20.4 Å². The van der Waals surface area contributed by atoms with Crippen LogP contribution in [0.25, 0.3) is 11.2 Å². The highest BCUT2D eigenvalue weighted by Crippen LogP contribution is 2.42.